The van der Waals surface area contributed by atoms with E-state index >= 15 is 0 Å². The van der Waals surface area contributed by atoms with Crippen LogP contribution in [-0.2, 0) is 56.1 Å². The number of hydrogen-bond donors (Lipinski definition) is 6. The summed E-state index contributed by atoms with van der Waals surface area (Å²) >= 11 is 0. The van der Waals surface area contributed by atoms with E-state index in [0.717, 1.165) is 23.5 Å². The summed E-state index contributed by atoms with van der Waals surface area (Å²) in [6.45, 7) is 11.3. The highest BCUT2D eigenvalue weighted by molar-refractivity contribution is 7.87. The molecule has 17 nitrogen and oxygen atoms in total. The van der Waals surface area contributed by atoms with Crippen molar-refractivity contribution in [2.24, 2.45) is 5.73 Å². The maximum Gasteiger partial charge on any atom is 0.295 e. The second kappa shape index (κ2) is 18.1. The molecule has 0 atom stereocenters. The summed E-state index contributed by atoms with van der Waals surface area (Å²) in [6.07, 6.45) is 12.0. The first kappa shape index (κ1) is 49.6. The lowest BCUT2D eigenvalue weighted by Gasteiger charge is -2.26. The standard InChI is InChI=1S/C44H52N4O13S4/c1-6-47-34-19-17-30-32(24-28(62(50,51)52)26-36(30)64(56,57)58)41(34)43(2,3)38(47)14-9-7-10-15-39-44(4,5)42-33-25-29(63(53,54)55)27-37(65(59,60)61)31(33)18-20-35(42)48(39)23-12-8-11-16-40(49)46-22-13-21-45/h7,9-10,14-15,17-20,24-27H,6,8,11-13,16,21-23,45H2,1-5H3,(H4-,46,49,50,51,52,53,54,55,56,57,58,59,60,61)/p+1. The van der Waals surface area contributed by atoms with Gasteiger partial charge in [-0.2, -0.15) is 38.2 Å². The van der Waals surface area contributed by atoms with Gasteiger partial charge in [-0.1, -0.05) is 38.1 Å². The van der Waals surface area contributed by atoms with Gasteiger partial charge in [-0.25, -0.2) is 0 Å². The molecule has 0 saturated carbocycles. The summed E-state index contributed by atoms with van der Waals surface area (Å²) < 4.78 is 142. The molecule has 4 aromatic rings. The Kier molecular flexibility index (Phi) is 13.8. The largest absolute Gasteiger partial charge is 0.356 e. The second-order valence-corrected chi connectivity index (χ2v) is 22.6. The average Bonchev–Trinajstić information content (AvgIpc) is 3.56. The number of nitrogens with zero attached hydrogens (tertiary/aromatic N) is 2. The highest BCUT2D eigenvalue weighted by Gasteiger charge is 2.46. The van der Waals surface area contributed by atoms with Gasteiger partial charge < -0.3 is 16.0 Å². The van der Waals surface area contributed by atoms with Gasteiger partial charge in [0, 0.05) is 71.2 Å². The van der Waals surface area contributed by atoms with Crippen LogP contribution in [-0.4, -0.2) is 94.3 Å². The summed E-state index contributed by atoms with van der Waals surface area (Å²) in [5.41, 5.74) is 7.72. The van der Waals surface area contributed by atoms with E-state index in [4.69, 9.17) is 5.73 Å². The Morgan fingerprint density at radius 3 is 1.80 bits per heavy atom. The van der Waals surface area contributed by atoms with Gasteiger partial charge in [0.2, 0.25) is 11.6 Å². The van der Waals surface area contributed by atoms with Gasteiger partial charge in [0.25, 0.3) is 40.5 Å². The maximum absolute atomic E-state index is 12.6. The van der Waals surface area contributed by atoms with E-state index in [1.54, 1.807) is 30.4 Å². The van der Waals surface area contributed by atoms with Crippen molar-refractivity contribution in [1.82, 2.24) is 5.32 Å². The van der Waals surface area contributed by atoms with Gasteiger partial charge in [-0.05, 0) is 105 Å². The Labute approximate surface area is 379 Å². The number of carbonyl (C=O) groups excluding carboxylic acids is 1. The topological polar surface area (TPSA) is 279 Å². The summed E-state index contributed by atoms with van der Waals surface area (Å²) in [5, 5.41) is 3.39. The molecule has 0 bridgehead atoms. The third-order valence-corrected chi connectivity index (χ3v) is 15.4. The minimum Gasteiger partial charge on any atom is -0.356 e. The highest BCUT2D eigenvalue weighted by atomic mass is 32.2. The lowest BCUT2D eigenvalue weighted by Crippen LogP contribution is -2.28. The van der Waals surface area contributed by atoms with Gasteiger partial charge in [0.05, 0.1) is 15.2 Å². The highest BCUT2D eigenvalue weighted by Crippen LogP contribution is 2.52. The molecule has 0 spiro atoms. The molecule has 2 aliphatic rings. The maximum atomic E-state index is 12.6. The average molecular weight is 974 g/mol. The van der Waals surface area contributed by atoms with Crippen LogP contribution in [0.2, 0.25) is 0 Å². The van der Waals surface area contributed by atoms with Crippen molar-refractivity contribution in [1.29, 1.82) is 0 Å². The second-order valence-electron chi connectivity index (χ2n) is 17.0. The molecule has 65 heavy (non-hydrogen) atoms. The molecular formula is C44H53N4O13S4+. The van der Waals surface area contributed by atoms with E-state index in [1.807, 2.05) is 56.2 Å². The molecular weight excluding hydrogens is 921 g/mol. The molecule has 2 heterocycles. The summed E-state index contributed by atoms with van der Waals surface area (Å²) in [4.78, 5) is 11.6. The lowest BCUT2D eigenvalue weighted by atomic mass is 9.79. The number of amides is 1. The van der Waals surface area contributed by atoms with Crippen LogP contribution in [0.5, 0.6) is 0 Å². The van der Waals surface area contributed by atoms with E-state index in [-0.39, 0.29) is 27.5 Å². The number of likely N-dealkylation sites (N-methyl/N-ethyl adjacent to an activating group) is 1. The third-order valence-electron chi connectivity index (χ3n) is 12.0. The first-order chi connectivity index (χ1) is 30.1. The predicted octanol–water partition coefficient (Wildman–Crippen LogP) is 6.20. The Balaban J connectivity index is 1.41. The number of nitrogens with one attached hydrogen (secondary N) is 1. The number of benzene rings is 4. The Bertz CT molecular complexity index is 3210. The molecule has 0 aliphatic carbocycles. The van der Waals surface area contributed by atoms with Crippen LogP contribution < -0.4 is 16.0 Å². The summed E-state index contributed by atoms with van der Waals surface area (Å²) in [6, 6.07) is 10.2. The molecule has 1 amide bonds. The van der Waals surface area contributed by atoms with Gasteiger partial charge >= 0.3 is 0 Å². The van der Waals surface area contributed by atoms with Crippen LogP contribution in [0.3, 0.4) is 0 Å². The zero-order valence-corrected chi connectivity index (χ0v) is 39.7. The summed E-state index contributed by atoms with van der Waals surface area (Å²) in [5.74, 6) is -0.0725. The fraction of sp³-hybridized carbons (Fsp3) is 0.364. The van der Waals surface area contributed by atoms with Crippen molar-refractivity contribution in [3.63, 3.8) is 0 Å². The molecule has 7 N–H and O–H groups in total. The van der Waals surface area contributed by atoms with Crippen LogP contribution in [0.15, 0.2) is 104 Å². The minimum absolute atomic E-state index is 0.0564. The van der Waals surface area contributed by atoms with E-state index < -0.39 is 70.9 Å². The Hall–Kier alpha value is -4.84. The number of anilines is 1. The number of rotatable bonds is 17. The van der Waals surface area contributed by atoms with E-state index in [2.05, 4.69) is 5.32 Å². The number of nitrogens with two attached hydrogens (primary N) is 1. The van der Waals surface area contributed by atoms with Crippen LogP contribution >= 0.6 is 0 Å². The molecule has 2 aliphatic heterocycles. The monoisotopic (exact) mass is 973 g/mol. The number of fused-ring (bicyclic) bond motifs is 6. The Morgan fingerprint density at radius 2 is 1.26 bits per heavy atom. The van der Waals surface area contributed by atoms with Crippen LogP contribution in [0.4, 0.5) is 11.4 Å². The van der Waals surface area contributed by atoms with Gasteiger partial charge in [0.1, 0.15) is 16.3 Å². The fourth-order valence-corrected chi connectivity index (χ4v) is 11.8. The van der Waals surface area contributed by atoms with Gasteiger partial charge in [0.15, 0.2) is 5.71 Å². The van der Waals surface area contributed by atoms with Crippen LogP contribution in [0.25, 0.3) is 21.5 Å². The van der Waals surface area contributed by atoms with Crippen molar-refractivity contribution in [2.75, 3.05) is 31.1 Å². The zero-order valence-electron chi connectivity index (χ0n) is 36.4. The molecule has 6 rings (SSSR count). The lowest BCUT2D eigenvalue weighted by molar-refractivity contribution is -0.438. The fourth-order valence-electron chi connectivity index (χ4n) is 9.09. The van der Waals surface area contributed by atoms with Crippen molar-refractivity contribution < 1.29 is 61.3 Å². The van der Waals surface area contributed by atoms with Crippen molar-refractivity contribution in [3.8, 4) is 0 Å². The smallest absolute Gasteiger partial charge is 0.295 e. The van der Waals surface area contributed by atoms with Crippen LogP contribution in [0, 0.1) is 0 Å². The summed E-state index contributed by atoms with van der Waals surface area (Å²) in [7, 11) is -19.7. The molecule has 350 valence electrons. The number of carbonyl (C=O) groups is 1. The van der Waals surface area contributed by atoms with Crippen molar-refractivity contribution in [3.05, 3.63) is 95.7 Å². The predicted molar refractivity (Wildman–Crippen MR) is 248 cm³/mol. The van der Waals surface area contributed by atoms with Crippen LogP contribution in [0.1, 0.15) is 77.8 Å². The molecule has 0 aromatic heterocycles. The van der Waals surface area contributed by atoms with Crippen molar-refractivity contribution >= 4 is 85.0 Å². The molecule has 0 fully saturated rings. The van der Waals surface area contributed by atoms with Crippen molar-refractivity contribution in [2.45, 2.75) is 97.1 Å². The zero-order chi connectivity index (χ0) is 48.1. The molecule has 4 aromatic carbocycles. The van der Waals surface area contributed by atoms with E-state index in [0.29, 0.717) is 80.8 Å². The third kappa shape index (κ3) is 9.84. The SMILES string of the molecule is CCN1C(=C/C=C/C=C/C2=[N+](CCCCCC(=O)NCCCN)c3ccc4c(S(=O)(=O)O)cc(S(=O)(=O)O)cc4c3C2(C)C)C(C)(C)c2c1ccc1c(S(=O)(=O)O)cc(S(=O)(=O)O)cc21. The molecule has 21 heteroatoms. The van der Waals surface area contributed by atoms with Gasteiger partial charge in [-0.15, -0.1) is 0 Å². The molecule has 0 unspecified atom stereocenters. The quantitative estimate of drug-likeness (QED) is 0.0298. The number of hydrogen-bond acceptors (Lipinski definition) is 11. The first-order valence-electron chi connectivity index (χ1n) is 20.7. The van der Waals surface area contributed by atoms with E-state index in [1.165, 1.54) is 24.3 Å². The Morgan fingerprint density at radius 1 is 0.692 bits per heavy atom. The normalized spacial score (nSPS) is 17.0. The first-order valence-corrected chi connectivity index (χ1v) is 26.5. The number of unbranched alkanes of at least 4 members (excludes halogenated alkanes) is 2. The minimum atomic E-state index is -4.95. The molecule has 0 saturated heterocycles. The molecule has 0 radical (unpaired) electrons. The van der Waals surface area contributed by atoms with Gasteiger partial charge in [-0.3, -0.25) is 23.0 Å². The van der Waals surface area contributed by atoms with E-state index in [9.17, 15) is 56.7 Å². The number of allylic oxidation sites excluding steroid dienone is 6.